The Balaban J connectivity index is 1.54. The van der Waals surface area contributed by atoms with Gasteiger partial charge < -0.3 is 20.3 Å². The van der Waals surface area contributed by atoms with Crippen molar-refractivity contribution in [1.29, 1.82) is 0 Å². The third-order valence-electron chi connectivity index (χ3n) is 4.45. The number of rotatable bonds is 6. The van der Waals surface area contributed by atoms with Crippen molar-refractivity contribution in [3.63, 3.8) is 0 Å². The lowest BCUT2D eigenvalue weighted by Crippen LogP contribution is -2.38. The van der Waals surface area contributed by atoms with Crippen LogP contribution in [0.5, 0.6) is 0 Å². The van der Waals surface area contributed by atoms with Gasteiger partial charge in [-0.1, -0.05) is 22.0 Å². The Morgan fingerprint density at radius 2 is 2.04 bits per heavy atom. The van der Waals surface area contributed by atoms with Gasteiger partial charge in [0.05, 0.1) is 18.8 Å². The van der Waals surface area contributed by atoms with E-state index in [4.69, 9.17) is 4.74 Å². The summed E-state index contributed by atoms with van der Waals surface area (Å²) < 4.78 is 6.26. The van der Waals surface area contributed by atoms with E-state index in [9.17, 15) is 9.59 Å². The van der Waals surface area contributed by atoms with Crippen LogP contribution in [-0.4, -0.2) is 49.6 Å². The zero-order chi connectivity index (χ0) is 19.9. The molecule has 0 spiro atoms. The predicted octanol–water partition coefficient (Wildman–Crippen LogP) is 2.75. The van der Waals surface area contributed by atoms with Crippen LogP contribution in [0.25, 0.3) is 0 Å². The van der Waals surface area contributed by atoms with Gasteiger partial charge in [0.1, 0.15) is 5.82 Å². The molecule has 2 heterocycles. The number of benzene rings is 1. The molecule has 0 aliphatic carbocycles. The maximum Gasteiger partial charge on any atom is 0.255 e. The van der Waals surface area contributed by atoms with Crippen molar-refractivity contribution in [3.8, 4) is 0 Å². The first-order valence-electron chi connectivity index (χ1n) is 9.16. The molecule has 1 fully saturated rings. The number of carbonyl (C=O) groups excluding carboxylic acids is 2. The van der Waals surface area contributed by atoms with Gasteiger partial charge in [0.15, 0.2) is 0 Å². The quantitative estimate of drug-likeness (QED) is 0.712. The molecule has 148 valence electrons. The monoisotopic (exact) mass is 446 g/mol. The summed E-state index contributed by atoms with van der Waals surface area (Å²) in [6.45, 7) is 4.81. The van der Waals surface area contributed by atoms with Crippen molar-refractivity contribution in [2.75, 3.05) is 43.1 Å². The summed E-state index contributed by atoms with van der Waals surface area (Å²) >= 11 is 3.40. The Morgan fingerprint density at radius 1 is 1.25 bits per heavy atom. The summed E-state index contributed by atoms with van der Waals surface area (Å²) in [4.78, 5) is 31.2. The van der Waals surface area contributed by atoms with E-state index in [-0.39, 0.29) is 24.8 Å². The highest BCUT2D eigenvalue weighted by molar-refractivity contribution is 9.10. The molecule has 2 N–H and O–H groups in total. The summed E-state index contributed by atoms with van der Waals surface area (Å²) in [7, 11) is 0. The Morgan fingerprint density at radius 3 is 2.82 bits per heavy atom. The van der Waals surface area contributed by atoms with E-state index in [1.807, 2.05) is 30.0 Å². The van der Waals surface area contributed by atoms with Gasteiger partial charge in [0, 0.05) is 42.4 Å². The van der Waals surface area contributed by atoms with Crippen LogP contribution in [-0.2, 0) is 9.53 Å². The molecule has 1 aromatic carbocycles. The zero-order valence-electron chi connectivity index (χ0n) is 15.7. The number of hydrogen-bond acceptors (Lipinski definition) is 5. The van der Waals surface area contributed by atoms with Gasteiger partial charge in [-0.15, -0.1) is 0 Å². The van der Waals surface area contributed by atoms with Crippen molar-refractivity contribution in [2.24, 2.45) is 0 Å². The number of halogens is 1. The van der Waals surface area contributed by atoms with Gasteiger partial charge >= 0.3 is 0 Å². The fourth-order valence-corrected chi connectivity index (χ4v) is 3.29. The normalized spacial score (nSPS) is 13.9. The number of amides is 2. The van der Waals surface area contributed by atoms with Gasteiger partial charge in [-0.2, -0.15) is 0 Å². The fourth-order valence-electron chi connectivity index (χ4n) is 2.93. The average molecular weight is 447 g/mol. The second-order valence-corrected chi connectivity index (χ2v) is 7.40. The maximum absolute atomic E-state index is 12.6. The molecular formula is C20H23BrN4O3. The molecule has 1 aliphatic heterocycles. The van der Waals surface area contributed by atoms with E-state index >= 15 is 0 Å². The Bertz CT molecular complexity index is 853. The largest absolute Gasteiger partial charge is 0.378 e. The molecule has 0 unspecified atom stereocenters. The number of anilines is 2. The topological polar surface area (TPSA) is 83.6 Å². The van der Waals surface area contributed by atoms with E-state index in [1.54, 1.807) is 18.3 Å². The molecule has 0 atom stereocenters. The molecule has 0 bridgehead atoms. The summed E-state index contributed by atoms with van der Waals surface area (Å²) in [5, 5.41) is 5.69. The number of ether oxygens (including phenoxy) is 1. The molecule has 7 nitrogen and oxygen atoms in total. The average Bonchev–Trinajstić information content (AvgIpc) is 2.71. The molecule has 3 rings (SSSR count). The van der Waals surface area contributed by atoms with Crippen LogP contribution in [0.1, 0.15) is 22.3 Å². The molecule has 1 aromatic heterocycles. The molecule has 2 aromatic rings. The highest BCUT2D eigenvalue weighted by Gasteiger charge is 2.19. The van der Waals surface area contributed by atoms with E-state index in [0.717, 1.165) is 15.7 Å². The SMILES string of the molecule is Cc1ccc(Br)cc1NC(=O)CCNC(=O)c1cccnc1N1CCOCC1. The first-order valence-corrected chi connectivity index (χ1v) is 9.96. The molecule has 0 saturated carbocycles. The number of aryl methyl sites for hydroxylation is 1. The van der Waals surface area contributed by atoms with Gasteiger partial charge in [0.25, 0.3) is 5.91 Å². The number of hydrogen-bond donors (Lipinski definition) is 2. The van der Waals surface area contributed by atoms with E-state index in [0.29, 0.717) is 37.7 Å². The minimum Gasteiger partial charge on any atom is -0.378 e. The maximum atomic E-state index is 12.6. The fraction of sp³-hybridized carbons (Fsp3) is 0.350. The second-order valence-electron chi connectivity index (χ2n) is 6.49. The van der Waals surface area contributed by atoms with Crippen LogP contribution in [0.2, 0.25) is 0 Å². The predicted molar refractivity (Wildman–Crippen MR) is 112 cm³/mol. The van der Waals surface area contributed by atoms with Crippen molar-refractivity contribution < 1.29 is 14.3 Å². The summed E-state index contributed by atoms with van der Waals surface area (Å²) in [6.07, 6.45) is 1.86. The van der Waals surface area contributed by atoms with Crippen molar-refractivity contribution >= 4 is 39.2 Å². The zero-order valence-corrected chi connectivity index (χ0v) is 17.3. The number of morpholine rings is 1. The molecule has 1 saturated heterocycles. The van der Waals surface area contributed by atoms with Crippen molar-refractivity contribution in [2.45, 2.75) is 13.3 Å². The summed E-state index contributed by atoms with van der Waals surface area (Å²) in [5.74, 6) is 0.264. The molecule has 0 radical (unpaired) electrons. The van der Waals surface area contributed by atoms with E-state index in [2.05, 4.69) is 31.5 Å². The van der Waals surface area contributed by atoms with E-state index < -0.39 is 0 Å². The molecule has 1 aliphatic rings. The van der Waals surface area contributed by atoms with Crippen molar-refractivity contribution in [3.05, 3.63) is 52.1 Å². The summed E-state index contributed by atoms with van der Waals surface area (Å²) in [5.41, 5.74) is 2.24. The highest BCUT2D eigenvalue weighted by atomic mass is 79.9. The molecule has 28 heavy (non-hydrogen) atoms. The first kappa shape index (κ1) is 20.3. The first-order chi connectivity index (χ1) is 13.5. The Labute approximate surface area is 172 Å². The standard InChI is InChI=1S/C20H23BrN4O3/c1-14-4-5-15(21)13-17(14)24-18(26)6-8-23-20(27)16-3-2-7-22-19(16)25-9-11-28-12-10-25/h2-5,7,13H,6,8-12H2,1H3,(H,23,27)(H,24,26). The number of nitrogens with zero attached hydrogens (tertiary/aromatic N) is 2. The molecule has 8 heteroatoms. The smallest absolute Gasteiger partial charge is 0.255 e. The van der Waals surface area contributed by atoms with Crippen LogP contribution < -0.4 is 15.5 Å². The molecule has 2 amide bonds. The van der Waals surface area contributed by atoms with Crippen LogP contribution in [0.15, 0.2) is 41.0 Å². The van der Waals surface area contributed by atoms with Gasteiger partial charge in [-0.3, -0.25) is 9.59 Å². The lowest BCUT2D eigenvalue weighted by molar-refractivity contribution is -0.116. The van der Waals surface area contributed by atoms with Crippen LogP contribution in [0, 0.1) is 6.92 Å². The van der Waals surface area contributed by atoms with Crippen LogP contribution in [0.3, 0.4) is 0 Å². The van der Waals surface area contributed by atoms with Crippen molar-refractivity contribution in [1.82, 2.24) is 10.3 Å². The Hall–Kier alpha value is -2.45. The third-order valence-corrected chi connectivity index (χ3v) is 4.95. The van der Waals surface area contributed by atoms with Gasteiger partial charge in [0.2, 0.25) is 5.91 Å². The number of nitrogens with one attached hydrogen (secondary N) is 2. The number of carbonyl (C=O) groups is 2. The van der Waals surface area contributed by atoms with Crippen LogP contribution >= 0.6 is 15.9 Å². The number of pyridine rings is 1. The lowest BCUT2D eigenvalue weighted by atomic mass is 10.2. The Kier molecular flexibility index (Phi) is 7.00. The van der Waals surface area contributed by atoms with E-state index in [1.165, 1.54) is 0 Å². The number of aromatic nitrogens is 1. The third kappa shape index (κ3) is 5.30. The minimum absolute atomic E-state index is 0.152. The van der Waals surface area contributed by atoms with Gasteiger partial charge in [-0.25, -0.2) is 4.98 Å². The van der Waals surface area contributed by atoms with Crippen LogP contribution in [0.4, 0.5) is 11.5 Å². The second kappa shape index (κ2) is 9.66. The minimum atomic E-state index is -0.235. The summed E-state index contributed by atoms with van der Waals surface area (Å²) in [6, 6.07) is 9.19. The molecular weight excluding hydrogens is 424 g/mol. The highest BCUT2D eigenvalue weighted by Crippen LogP contribution is 2.21. The van der Waals surface area contributed by atoms with Gasteiger partial charge in [-0.05, 0) is 36.8 Å². The lowest BCUT2D eigenvalue weighted by Gasteiger charge is -2.29.